The highest BCUT2D eigenvalue weighted by Crippen LogP contribution is 2.26. The lowest BCUT2D eigenvalue weighted by molar-refractivity contribution is -0.136. The van der Waals surface area contributed by atoms with Crippen molar-refractivity contribution in [3.63, 3.8) is 0 Å². The number of hydrogen-bond acceptors (Lipinski definition) is 5. The number of carbonyl (C=O) groups is 1. The molecule has 2 heterocycles. The number of rotatable bonds is 5. The zero-order valence-electron chi connectivity index (χ0n) is 11.2. The van der Waals surface area contributed by atoms with Crippen LogP contribution >= 0.6 is 0 Å². The third kappa shape index (κ3) is 4.17. The summed E-state index contributed by atoms with van der Waals surface area (Å²) >= 11 is 0. The van der Waals surface area contributed by atoms with Gasteiger partial charge in [-0.3, -0.25) is 4.79 Å². The topological polar surface area (TPSA) is 78.4 Å². The summed E-state index contributed by atoms with van der Waals surface area (Å²) in [6.07, 6.45) is 6.07. The second kappa shape index (κ2) is 6.47. The summed E-state index contributed by atoms with van der Waals surface area (Å²) in [4.78, 5) is 21.2. The van der Waals surface area contributed by atoms with Crippen molar-refractivity contribution in [3.05, 3.63) is 18.0 Å². The molecule has 0 radical (unpaired) electrons. The van der Waals surface area contributed by atoms with Crippen molar-refractivity contribution in [1.82, 2.24) is 14.9 Å². The molecule has 0 atom stereocenters. The highest BCUT2D eigenvalue weighted by atomic mass is 16.4. The Bertz CT molecular complexity index is 413. The minimum atomic E-state index is -0.824. The van der Waals surface area contributed by atoms with Crippen LogP contribution in [0.4, 0.5) is 5.95 Å². The fraction of sp³-hybridized carbons (Fsp3) is 0.615. The van der Waals surface area contributed by atoms with Crippen molar-refractivity contribution in [2.75, 3.05) is 32.0 Å². The van der Waals surface area contributed by atoms with E-state index in [1.54, 1.807) is 0 Å². The van der Waals surface area contributed by atoms with E-state index >= 15 is 0 Å². The Labute approximate surface area is 112 Å². The van der Waals surface area contributed by atoms with Gasteiger partial charge in [0.2, 0.25) is 5.95 Å². The maximum atomic E-state index is 10.4. The van der Waals surface area contributed by atoms with Crippen molar-refractivity contribution < 1.29 is 9.90 Å². The average Bonchev–Trinajstić information content (AvgIpc) is 2.40. The Kier molecular flexibility index (Phi) is 4.68. The zero-order valence-corrected chi connectivity index (χ0v) is 11.2. The lowest BCUT2D eigenvalue weighted by Crippen LogP contribution is -2.29. The first-order valence-corrected chi connectivity index (χ1v) is 6.61. The van der Waals surface area contributed by atoms with E-state index < -0.39 is 5.97 Å². The Morgan fingerprint density at radius 3 is 2.63 bits per heavy atom. The first kappa shape index (κ1) is 13.7. The first-order chi connectivity index (χ1) is 9.15. The van der Waals surface area contributed by atoms with Crippen LogP contribution in [0.3, 0.4) is 0 Å². The third-order valence-electron chi connectivity index (χ3n) is 3.48. The van der Waals surface area contributed by atoms with Gasteiger partial charge < -0.3 is 15.3 Å². The molecule has 1 aliphatic rings. The molecular weight excluding hydrogens is 244 g/mol. The third-order valence-corrected chi connectivity index (χ3v) is 3.48. The second-order valence-electron chi connectivity index (χ2n) is 4.99. The molecule has 104 valence electrons. The molecule has 1 saturated heterocycles. The molecule has 1 aromatic rings. The van der Waals surface area contributed by atoms with Crippen LogP contribution in [0.25, 0.3) is 0 Å². The van der Waals surface area contributed by atoms with Crippen LogP contribution in [-0.4, -0.2) is 52.6 Å². The van der Waals surface area contributed by atoms with Crippen LogP contribution in [0.15, 0.2) is 12.4 Å². The molecule has 0 amide bonds. The van der Waals surface area contributed by atoms with Crippen LogP contribution in [-0.2, 0) is 4.79 Å². The normalized spacial score (nSPS) is 17.3. The number of aromatic nitrogens is 2. The van der Waals surface area contributed by atoms with E-state index in [1.807, 2.05) is 12.4 Å². The second-order valence-corrected chi connectivity index (χ2v) is 4.99. The molecule has 6 nitrogen and oxygen atoms in total. The quantitative estimate of drug-likeness (QED) is 0.831. The SMILES string of the molecule is CN1CCC(c2cnc(NCCC(=O)O)nc2)CC1. The molecule has 0 bridgehead atoms. The maximum absolute atomic E-state index is 10.4. The lowest BCUT2D eigenvalue weighted by atomic mass is 9.92. The van der Waals surface area contributed by atoms with Crippen LogP contribution in [0.2, 0.25) is 0 Å². The summed E-state index contributed by atoms with van der Waals surface area (Å²) in [7, 11) is 2.14. The number of nitrogens with one attached hydrogen (secondary N) is 1. The summed E-state index contributed by atoms with van der Waals surface area (Å²) < 4.78 is 0. The first-order valence-electron chi connectivity index (χ1n) is 6.61. The molecule has 0 unspecified atom stereocenters. The van der Waals surface area contributed by atoms with Crippen molar-refractivity contribution in [3.8, 4) is 0 Å². The predicted octanol–water partition coefficient (Wildman–Crippen LogP) is 1.17. The van der Waals surface area contributed by atoms with Gasteiger partial charge in [-0.25, -0.2) is 9.97 Å². The highest BCUT2D eigenvalue weighted by Gasteiger charge is 2.18. The number of hydrogen-bond donors (Lipinski definition) is 2. The molecule has 1 aromatic heterocycles. The van der Waals surface area contributed by atoms with Crippen molar-refractivity contribution in [2.24, 2.45) is 0 Å². The summed E-state index contributed by atoms with van der Waals surface area (Å²) in [5.41, 5.74) is 1.18. The van der Waals surface area contributed by atoms with E-state index in [4.69, 9.17) is 5.11 Å². The Balaban J connectivity index is 1.85. The summed E-state index contributed by atoms with van der Waals surface area (Å²) in [6.45, 7) is 2.58. The molecule has 0 aliphatic carbocycles. The molecule has 2 rings (SSSR count). The Morgan fingerprint density at radius 1 is 1.42 bits per heavy atom. The number of likely N-dealkylation sites (tertiary alicyclic amines) is 1. The summed E-state index contributed by atoms with van der Waals surface area (Å²) in [5, 5.41) is 11.4. The Hall–Kier alpha value is -1.69. The molecule has 2 N–H and O–H groups in total. The standard InChI is InChI=1S/C13H20N4O2/c1-17-6-3-10(4-7-17)11-8-15-13(16-9-11)14-5-2-12(18)19/h8-10H,2-7H2,1H3,(H,18,19)(H,14,15,16). The molecule has 0 saturated carbocycles. The number of piperidine rings is 1. The average molecular weight is 264 g/mol. The molecule has 6 heteroatoms. The number of anilines is 1. The van der Waals surface area contributed by atoms with Crippen molar-refractivity contribution in [1.29, 1.82) is 0 Å². The van der Waals surface area contributed by atoms with Crippen molar-refractivity contribution >= 4 is 11.9 Å². The molecule has 1 fully saturated rings. The molecule has 0 spiro atoms. The van der Waals surface area contributed by atoms with Gasteiger partial charge in [0.25, 0.3) is 0 Å². The summed E-state index contributed by atoms with van der Waals surface area (Å²) in [6, 6.07) is 0. The number of carboxylic acid groups (broad SMARTS) is 1. The van der Waals surface area contributed by atoms with Crippen LogP contribution < -0.4 is 5.32 Å². The molecule has 0 aromatic carbocycles. The van der Waals surface area contributed by atoms with E-state index in [9.17, 15) is 4.79 Å². The zero-order chi connectivity index (χ0) is 13.7. The van der Waals surface area contributed by atoms with Gasteiger partial charge in [0.15, 0.2) is 0 Å². The van der Waals surface area contributed by atoms with E-state index in [1.165, 1.54) is 5.56 Å². The fourth-order valence-electron chi connectivity index (χ4n) is 2.26. The fourth-order valence-corrected chi connectivity index (χ4v) is 2.26. The number of carboxylic acids is 1. The Morgan fingerprint density at radius 2 is 2.05 bits per heavy atom. The maximum Gasteiger partial charge on any atom is 0.305 e. The van der Waals surface area contributed by atoms with E-state index in [0.29, 0.717) is 18.4 Å². The van der Waals surface area contributed by atoms with Gasteiger partial charge in [-0.2, -0.15) is 0 Å². The number of nitrogens with zero attached hydrogens (tertiary/aromatic N) is 3. The lowest BCUT2D eigenvalue weighted by Gasteiger charge is -2.28. The smallest absolute Gasteiger partial charge is 0.305 e. The van der Waals surface area contributed by atoms with Crippen LogP contribution in [0.1, 0.15) is 30.7 Å². The van der Waals surface area contributed by atoms with Gasteiger partial charge in [0.05, 0.1) is 6.42 Å². The van der Waals surface area contributed by atoms with Crippen LogP contribution in [0.5, 0.6) is 0 Å². The summed E-state index contributed by atoms with van der Waals surface area (Å²) in [5.74, 6) is 0.220. The van der Waals surface area contributed by atoms with Gasteiger partial charge in [-0.1, -0.05) is 0 Å². The van der Waals surface area contributed by atoms with Crippen molar-refractivity contribution in [2.45, 2.75) is 25.2 Å². The monoisotopic (exact) mass is 264 g/mol. The molecular formula is C13H20N4O2. The van der Waals surface area contributed by atoms with E-state index in [-0.39, 0.29) is 6.42 Å². The van der Waals surface area contributed by atoms with E-state index in [2.05, 4.69) is 27.2 Å². The number of aliphatic carboxylic acids is 1. The molecule has 1 aliphatic heterocycles. The largest absolute Gasteiger partial charge is 0.481 e. The molecule has 19 heavy (non-hydrogen) atoms. The minimum Gasteiger partial charge on any atom is -0.481 e. The van der Waals surface area contributed by atoms with Gasteiger partial charge >= 0.3 is 5.97 Å². The predicted molar refractivity (Wildman–Crippen MR) is 72.2 cm³/mol. The van der Waals surface area contributed by atoms with Gasteiger partial charge in [0, 0.05) is 18.9 Å². The van der Waals surface area contributed by atoms with E-state index in [0.717, 1.165) is 25.9 Å². The minimum absolute atomic E-state index is 0.0695. The van der Waals surface area contributed by atoms with Crippen LogP contribution in [0, 0.1) is 0 Å². The van der Waals surface area contributed by atoms with Gasteiger partial charge in [0.1, 0.15) is 0 Å². The highest BCUT2D eigenvalue weighted by molar-refractivity contribution is 5.67. The van der Waals surface area contributed by atoms with Gasteiger partial charge in [-0.15, -0.1) is 0 Å². The van der Waals surface area contributed by atoms with Gasteiger partial charge in [-0.05, 0) is 44.5 Å².